The molecule has 0 aliphatic heterocycles. The first-order valence-electron chi connectivity index (χ1n) is 10.9. The lowest BCUT2D eigenvalue weighted by Gasteiger charge is -2.15. The van der Waals surface area contributed by atoms with Crippen LogP contribution < -0.4 is 5.56 Å². The van der Waals surface area contributed by atoms with Crippen molar-refractivity contribution in [3.8, 4) is 0 Å². The molecular formula is C24H26N4O4. The molecule has 0 atom stereocenters. The third kappa shape index (κ3) is 4.26. The number of allylic oxidation sites excluding steroid dienone is 2. The van der Waals surface area contributed by atoms with Crippen molar-refractivity contribution in [1.29, 1.82) is 0 Å². The maximum absolute atomic E-state index is 13.0. The zero-order valence-corrected chi connectivity index (χ0v) is 18.3. The van der Waals surface area contributed by atoms with Crippen molar-refractivity contribution >= 4 is 22.4 Å². The largest absolute Gasteiger partial charge is 0.348 e. The number of ketones is 1. The van der Waals surface area contributed by atoms with E-state index in [0.29, 0.717) is 11.1 Å². The standard InChI is InChI=1S/C24H26N4O4/c1-16-12-20(17(2)27(16)11-10-18-6-4-3-5-7-18)23(29)14-26-15-25-22-9-8-19(28(31)32)13-21(22)24(26)30/h6,8-9,12-13,15H,3-5,7,10-11,14H2,1-2H3. The van der Waals surface area contributed by atoms with E-state index in [2.05, 4.69) is 15.6 Å². The molecule has 3 aromatic rings. The Morgan fingerprint density at radius 3 is 2.75 bits per heavy atom. The van der Waals surface area contributed by atoms with Crippen molar-refractivity contribution < 1.29 is 9.72 Å². The number of Topliss-reactive ketones (excluding diaryl/α,β-unsaturated/α-hetero) is 1. The van der Waals surface area contributed by atoms with Gasteiger partial charge >= 0.3 is 0 Å². The Kier molecular flexibility index (Phi) is 6.03. The van der Waals surface area contributed by atoms with Gasteiger partial charge in [0.05, 0.1) is 28.7 Å². The minimum Gasteiger partial charge on any atom is -0.348 e. The second kappa shape index (κ2) is 8.90. The number of fused-ring (bicyclic) bond motifs is 1. The van der Waals surface area contributed by atoms with Gasteiger partial charge in [-0.15, -0.1) is 0 Å². The number of carbonyl (C=O) groups excluding carboxylic acids is 1. The number of aromatic nitrogens is 3. The molecule has 0 amide bonds. The van der Waals surface area contributed by atoms with E-state index in [1.807, 2.05) is 19.9 Å². The third-order valence-corrected chi connectivity index (χ3v) is 6.25. The van der Waals surface area contributed by atoms with Crippen LogP contribution >= 0.6 is 0 Å². The second-order valence-corrected chi connectivity index (χ2v) is 8.35. The number of rotatable bonds is 7. The molecule has 0 fully saturated rings. The summed E-state index contributed by atoms with van der Waals surface area (Å²) in [5, 5.41) is 11.2. The van der Waals surface area contributed by atoms with Gasteiger partial charge in [-0.05, 0) is 58.1 Å². The fourth-order valence-electron chi connectivity index (χ4n) is 4.43. The third-order valence-electron chi connectivity index (χ3n) is 6.25. The van der Waals surface area contributed by atoms with Crippen LogP contribution in [0.5, 0.6) is 0 Å². The van der Waals surface area contributed by atoms with Crippen LogP contribution in [0.25, 0.3) is 10.9 Å². The molecule has 32 heavy (non-hydrogen) atoms. The Labute approximate surface area is 185 Å². The first-order chi connectivity index (χ1) is 15.3. The lowest BCUT2D eigenvalue weighted by Crippen LogP contribution is -2.25. The number of non-ortho nitro benzene ring substituents is 1. The number of nitro benzene ring substituents is 1. The summed E-state index contributed by atoms with van der Waals surface area (Å²) in [5.41, 5.74) is 3.69. The highest BCUT2D eigenvalue weighted by Crippen LogP contribution is 2.23. The van der Waals surface area contributed by atoms with Crippen molar-refractivity contribution in [3.63, 3.8) is 0 Å². The van der Waals surface area contributed by atoms with Gasteiger partial charge in [0.2, 0.25) is 0 Å². The van der Waals surface area contributed by atoms with Gasteiger partial charge in [0.25, 0.3) is 11.2 Å². The zero-order chi connectivity index (χ0) is 22.8. The highest BCUT2D eigenvalue weighted by molar-refractivity contribution is 5.97. The van der Waals surface area contributed by atoms with Crippen molar-refractivity contribution in [2.24, 2.45) is 0 Å². The van der Waals surface area contributed by atoms with E-state index in [4.69, 9.17) is 0 Å². The summed E-state index contributed by atoms with van der Waals surface area (Å²) in [7, 11) is 0. The average Bonchev–Trinajstić information content (AvgIpc) is 3.08. The van der Waals surface area contributed by atoms with E-state index in [-0.39, 0.29) is 23.4 Å². The number of hydrogen-bond acceptors (Lipinski definition) is 5. The minimum absolute atomic E-state index is 0.126. The van der Waals surface area contributed by atoms with E-state index in [9.17, 15) is 19.7 Å². The Morgan fingerprint density at radius 2 is 2.03 bits per heavy atom. The van der Waals surface area contributed by atoms with E-state index < -0.39 is 10.5 Å². The predicted octanol–water partition coefficient (Wildman–Crippen LogP) is 4.50. The van der Waals surface area contributed by atoms with Gasteiger partial charge in [-0.1, -0.05) is 11.6 Å². The number of benzene rings is 1. The Morgan fingerprint density at radius 1 is 1.22 bits per heavy atom. The zero-order valence-electron chi connectivity index (χ0n) is 18.3. The molecule has 8 heteroatoms. The summed E-state index contributed by atoms with van der Waals surface area (Å²) in [6.07, 6.45) is 9.46. The van der Waals surface area contributed by atoms with E-state index in [1.165, 1.54) is 47.5 Å². The summed E-state index contributed by atoms with van der Waals surface area (Å²) >= 11 is 0. The predicted molar refractivity (Wildman–Crippen MR) is 122 cm³/mol. The van der Waals surface area contributed by atoms with Crippen LogP contribution in [0.1, 0.15) is 53.8 Å². The first kappa shape index (κ1) is 21.7. The quantitative estimate of drug-likeness (QED) is 0.236. The molecule has 0 radical (unpaired) electrons. The molecule has 0 N–H and O–H groups in total. The summed E-state index contributed by atoms with van der Waals surface area (Å²) in [6.45, 7) is 4.58. The van der Waals surface area contributed by atoms with Gasteiger partial charge in [-0.2, -0.15) is 0 Å². The molecule has 0 saturated carbocycles. The van der Waals surface area contributed by atoms with Crippen molar-refractivity contribution in [1.82, 2.24) is 14.1 Å². The number of aryl methyl sites for hydroxylation is 1. The van der Waals surface area contributed by atoms with Gasteiger partial charge in [-0.3, -0.25) is 24.3 Å². The molecule has 0 spiro atoms. The van der Waals surface area contributed by atoms with Gasteiger partial charge in [0.1, 0.15) is 0 Å². The molecule has 166 valence electrons. The van der Waals surface area contributed by atoms with Crippen molar-refractivity contribution in [2.45, 2.75) is 59.0 Å². The number of hydrogen-bond donors (Lipinski definition) is 0. The Hall–Kier alpha value is -3.55. The van der Waals surface area contributed by atoms with E-state index in [0.717, 1.165) is 37.2 Å². The second-order valence-electron chi connectivity index (χ2n) is 8.35. The summed E-state index contributed by atoms with van der Waals surface area (Å²) in [6, 6.07) is 5.83. The number of nitro groups is 1. The Balaban J connectivity index is 1.57. The molecular weight excluding hydrogens is 408 g/mol. The van der Waals surface area contributed by atoms with Gasteiger partial charge in [0, 0.05) is 35.6 Å². The van der Waals surface area contributed by atoms with Crippen LogP contribution in [0.2, 0.25) is 0 Å². The highest BCUT2D eigenvalue weighted by Gasteiger charge is 2.18. The normalized spacial score (nSPS) is 13.9. The van der Waals surface area contributed by atoms with Crippen LogP contribution in [-0.4, -0.2) is 24.8 Å². The molecule has 2 heterocycles. The molecule has 0 bridgehead atoms. The van der Waals surface area contributed by atoms with Crippen LogP contribution in [0.3, 0.4) is 0 Å². The Bertz CT molecular complexity index is 1300. The molecule has 0 saturated heterocycles. The SMILES string of the molecule is Cc1cc(C(=O)Cn2cnc3ccc([N+](=O)[O-])cc3c2=O)c(C)n1CCC1=CCCCC1. The van der Waals surface area contributed by atoms with E-state index in [1.54, 1.807) is 0 Å². The van der Waals surface area contributed by atoms with Gasteiger partial charge in [0.15, 0.2) is 5.78 Å². The first-order valence-corrected chi connectivity index (χ1v) is 10.9. The molecule has 4 rings (SSSR count). The maximum atomic E-state index is 13.0. The highest BCUT2D eigenvalue weighted by atomic mass is 16.6. The van der Waals surface area contributed by atoms with E-state index >= 15 is 0 Å². The molecule has 1 aliphatic carbocycles. The molecule has 0 unspecified atom stereocenters. The fourth-order valence-corrected chi connectivity index (χ4v) is 4.43. The molecule has 1 aliphatic rings. The van der Waals surface area contributed by atoms with Crippen molar-refractivity contribution in [3.05, 3.63) is 79.7 Å². The fraction of sp³-hybridized carbons (Fsp3) is 0.375. The van der Waals surface area contributed by atoms with Crippen LogP contribution in [-0.2, 0) is 13.1 Å². The monoisotopic (exact) mass is 434 g/mol. The lowest BCUT2D eigenvalue weighted by molar-refractivity contribution is -0.384. The topological polar surface area (TPSA) is 100 Å². The van der Waals surface area contributed by atoms with Crippen molar-refractivity contribution in [2.75, 3.05) is 0 Å². The average molecular weight is 434 g/mol. The summed E-state index contributed by atoms with van der Waals surface area (Å²) in [5.74, 6) is -0.185. The number of carbonyl (C=O) groups is 1. The molecule has 8 nitrogen and oxygen atoms in total. The molecule has 1 aromatic carbocycles. The molecule has 2 aromatic heterocycles. The van der Waals surface area contributed by atoms with Gasteiger partial charge in [-0.25, -0.2) is 4.98 Å². The number of nitrogens with zero attached hydrogens (tertiary/aromatic N) is 4. The summed E-state index contributed by atoms with van der Waals surface area (Å²) < 4.78 is 3.38. The van der Waals surface area contributed by atoms with Crippen LogP contribution in [0.4, 0.5) is 5.69 Å². The lowest BCUT2D eigenvalue weighted by atomic mass is 9.97. The van der Waals surface area contributed by atoms with Crippen LogP contribution in [0.15, 0.2) is 47.0 Å². The smallest absolute Gasteiger partial charge is 0.270 e. The summed E-state index contributed by atoms with van der Waals surface area (Å²) in [4.78, 5) is 40.6. The minimum atomic E-state index is -0.556. The van der Waals surface area contributed by atoms with Crippen LogP contribution in [0, 0.1) is 24.0 Å². The maximum Gasteiger partial charge on any atom is 0.270 e. The van der Waals surface area contributed by atoms with Gasteiger partial charge < -0.3 is 4.57 Å².